The summed E-state index contributed by atoms with van der Waals surface area (Å²) in [6, 6.07) is 7.23. The number of nitrogens with one attached hydrogen (secondary N) is 2. The quantitative estimate of drug-likeness (QED) is 0.820. The van der Waals surface area contributed by atoms with Crippen molar-refractivity contribution in [2.75, 3.05) is 5.32 Å². The Hall–Kier alpha value is -1.68. The number of rotatable bonds is 5. The summed E-state index contributed by atoms with van der Waals surface area (Å²) in [7, 11) is 0. The topological polar surface area (TPSA) is 58.2 Å². The minimum absolute atomic E-state index is 0.00157. The van der Waals surface area contributed by atoms with Gasteiger partial charge >= 0.3 is 0 Å². The Morgan fingerprint density at radius 2 is 1.95 bits per heavy atom. The van der Waals surface area contributed by atoms with Crippen LogP contribution in [0.1, 0.15) is 56.8 Å². The smallest absolute Gasteiger partial charge is 0.241 e. The Morgan fingerprint density at radius 1 is 1.23 bits per heavy atom. The third-order valence-corrected chi connectivity index (χ3v) is 4.51. The van der Waals surface area contributed by atoms with Gasteiger partial charge in [-0.25, -0.2) is 0 Å². The highest BCUT2D eigenvalue weighted by molar-refractivity contribution is 5.98. The number of hydrogen-bond acceptors (Lipinski definition) is 3. The molecule has 0 unspecified atom stereocenters. The summed E-state index contributed by atoms with van der Waals surface area (Å²) in [5.74, 6) is 0.557. The summed E-state index contributed by atoms with van der Waals surface area (Å²) in [5.41, 5.74) is 1.28. The molecule has 4 nitrogen and oxygen atoms in total. The molecule has 0 spiro atoms. The second-order valence-corrected chi connectivity index (χ2v) is 6.38. The van der Waals surface area contributed by atoms with Crippen molar-refractivity contribution >= 4 is 17.4 Å². The maximum atomic E-state index is 12.3. The van der Waals surface area contributed by atoms with Crippen molar-refractivity contribution in [2.45, 2.75) is 58.5 Å². The second-order valence-electron chi connectivity index (χ2n) is 6.38. The number of benzene rings is 1. The van der Waals surface area contributed by atoms with Crippen LogP contribution in [-0.2, 0) is 4.79 Å². The fourth-order valence-electron chi connectivity index (χ4n) is 3.03. The number of Topliss-reactive ketones (excluding diaryl/α,β-unsaturated/α-hetero) is 1. The maximum absolute atomic E-state index is 12.3. The maximum Gasteiger partial charge on any atom is 0.241 e. The van der Waals surface area contributed by atoms with Crippen LogP contribution in [0.4, 0.5) is 5.69 Å². The van der Waals surface area contributed by atoms with Crippen LogP contribution in [0.15, 0.2) is 24.3 Å². The molecule has 1 aromatic rings. The summed E-state index contributed by atoms with van der Waals surface area (Å²) < 4.78 is 0. The first-order chi connectivity index (χ1) is 10.5. The van der Waals surface area contributed by atoms with Crippen LogP contribution in [0.25, 0.3) is 0 Å². The molecule has 22 heavy (non-hydrogen) atoms. The first-order valence-electron chi connectivity index (χ1n) is 8.15. The monoisotopic (exact) mass is 302 g/mol. The van der Waals surface area contributed by atoms with E-state index in [0.717, 1.165) is 6.42 Å². The van der Waals surface area contributed by atoms with Crippen LogP contribution in [0.3, 0.4) is 0 Å². The van der Waals surface area contributed by atoms with Gasteiger partial charge in [-0.15, -0.1) is 0 Å². The van der Waals surface area contributed by atoms with E-state index in [-0.39, 0.29) is 17.7 Å². The van der Waals surface area contributed by atoms with Gasteiger partial charge in [0, 0.05) is 17.3 Å². The molecular weight excluding hydrogens is 276 g/mol. The van der Waals surface area contributed by atoms with Gasteiger partial charge in [0.15, 0.2) is 5.78 Å². The zero-order chi connectivity index (χ0) is 16.1. The molecule has 4 heteroatoms. The highest BCUT2D eigenvalue weighted by atomic mass is 16.2. The van der Waals surface area contributed by atoms with Gasteiger partial charge in [0.2, 0.25) is 5.91 Å². The second kappa shape index (κ2) is 7.54. The zero-order valence-corrected chi connectivity index (χ0v) is 13.7. The highest BCUT2D eigenvalue weighted by Gasteiger charge is 2.24. The molecule has 120 valence electrons. The molecule has 1 aliphatic carbocycles. The molecule has 2 N–H and O–H groups in total. The van der Waals surface area contributed by atoms with Gasteiger partial charge in [-0.2, -0.15) is 0 Å². The van der Waals surface area contributed by atoms with Crippen molar-refractivity contribution in [2.24, 2.45) is 5.92 Å². The van der Waals surface area contributed by atoms with Crippen LogP contribution in [0.2, 0.25) is 0 Å². The van der Waals surface area contributed by atoms with Gasteiger partial charge in [0.1, 0.15) is 0 Å². The zero-order valence-electron chi connectivity index (χ0n) is 13.7. The van der Waals surface area contributed by atoms with Crippen LogP contribution >= 0.6 is 0 Å². The SMILES string of the molecule is CC(=O)c1cccc(NC(=O)[C@H](C)N[C@@H]2CCCC[C@@H]2C)c1. The number of hydrogen-bond donors (Lipinski definition) is 2. The first-order valence-corrected chi connectivity index (χ1v) is 8.15. The summed E-state index contributed by atoms with van der Waals surface area (Å²) in [6.07, 6.45) is 4.89. The molecule has 0 radical (unpaired) electrons. The Labute approximate surface area is 132 Å². The lowest BCUT2D eigenvalue weighted by Crippen LogP contribution is -2.47. The van der Waals surface area contributed by atoms with Gasteiger partial charge in [-0.3, -0.25) is 9.59 Å². The number of carbonyl (C=O) groups excluding carboxylic acids is 2. The van der Waals surface area contributed by atoms with Crippen molar-refractivity contribution in [1.82, 2.24) is 5.32 Å². The van der Waals surface area contributed by atoms with Crippen LogP contribution in [0, 0.1) is 5.92 Å². The molecule has 1 amide bonds. The van der Waals surface area contributed by atoms with E-state index in [4.69, 9.17) is 0 Å². The summed E-state index contributed by atoms with van der Waals surface area (Å²) in [5, 5.41) is 6.33. The molecule has 0 heterocycles. The average molecular weight is 302 g/mol. The van der Waals surface area contributed by atoms with E-state index in [2.05, 4.69) is 17.6 Å². The molecule has 2 rings (SSSR count). The van der Waals surface area contributed by atoms with Crippen molar-refractivity contribution in [3.8, 4) is 0 Å². The number of ketones is 1. The molecular formula is C18H26N2O2. The Bertz CT molecular complexity index is 542. The molecule has 1 fully saturated rings. The van der Waals surface area contributed by atoms with E-state index in [1.807, 2.05) is 6.92 Å². The standard InChI is InChI=1S/C18H26N2O2/c1-12-7-4-5-10-17(12)19-13(2)18(22)20-16-9-6-8-15(11-16)14(3)21/h6,8-9,11-13,17,19H,4-5,7,10H2,1-3H3,(H,20,22)/t12-,13-,17+/m0/s1. The molecule has 3 atom stereocenters. The molecule has 0 bridgehead atoms. The minimum Gasteiger partial charge on any atom is -0.325 e. The van der Waals surface area contributed by atoms with Crippen molar-refractivity contribution in [3.05, 3.63) is 29.8 Å². The van der Waals surface area contributed by atoms with Gasteiger partial charge in [-0.1, -0.05) is 31.9 Å². The fraction of sp³-hybridized carbons (Fsp3) is 0.556. The van der Waals surface area contributed by atoms with Crippen molar-refractivity contribution in [1.29, 1.82) is 0 Å². The lowest BCUT2D eigenvalue weighted by atomic mass is 9.85. The highest BCUT2D eigenvalue weighted by Crippen LogP contribution is 2.24. The number of amides is 1. The predicted molar refractivity (Wildman–Crippen MR) is 89.1 cm³/mol. The first kappa shape index (κ1) is 16.7. The lowest BCUT2D eigenvalue weighted by molar-refractivity contribution is -0.118. The molecule has 0 aliphatic heterocycles. The van der Waals surface area contributed by atoms with E-state index >= 15 is 0 Å². The van der Waals surface area contributed by atoms with E-state index in [0.29, 0.717) is 23.2 Å². The van der Waals surface area contributed by atoms with E-state index in [1.165, 1.54) is 26.2 Å². The average Bonchev–Trinajstić information content (AvgIpc) is 2.49. The minimum atomic E-state index is -0.244. The van der Waals surface area contributed by atoms with Crippen LogP contribution in [0.5, 0.6) is 0 Å². The third kappa shape index (κ3) is 4.41. The normalized spacial score (nSPS) is 22.9. The molecule has 1 saturated carbocycles. The summed E-state index contributed by atoms with van der Waals surface area (Å²) in [6.45, 7) is 5.67. The molecule has 0 saturated heterocycles. The van der Waals surface area contributed by atoms with E-state index in [1.54, 1.807) is 24.3 Å². The largest absolute Gasteiger partial charge is 0.325 e. The van der Waals surface area contributed by atoms with Gasteiger partial charge in [-0.05, 0) is 44.7 Å². The molecule has 0 aromatic heterocycles. The van der Waals surface area contributed by atoms with Crippen LogP contribution < -0.4 is 10.6 Å². The molecule has 1 aliphatic rings. The summed E-state index contributed by atoms with van der Waals surface area (Å²) >= 11 is 0. The number of anilines is 1. The van der Waals surface area contributed by atoms with Gasteiger partial charge < -0.3 is 10.6 Å². The van der Waals surface area contributed by atoms with Gasteiger partial charge in [0.25, 0.3) is 0 Å². The third-order valence-electron chi connectivity index (χ3n) is 4.51. The van der Waals surface area contributed by atoms with Crippen LogP contribution in [-0.4, -0.2) is 23.8 Å². The van der Waals surface area contributed by atoms with Gasteiger partial charge in [0.05, 0.1) is 6.04 Å². The molecule has 1 aromatic carbocycles. The Balaban J connectivity index is 1.93. The predicted octanol–water partition coefficient (Wildman–Crippen LogP) is 3.38. The van der Waals surface area contributed by atoms with Crippen molar-refractivity contribution < 1.29 is 9.59 Å². The number of carbonyl (C=O) groups is 2. The Kier molecular flexibility index (Phi) is 5.72. The fourth-order valence-corrected chi connectivity index (χ4v) is 3.03. The Morgan fingerprint density at radius 3 is 2.64 bits per heavy atom. The lowest BCUT2D eigenvalue weighted by Gasteiger charge is -2.31. The van der Waals surface area contributed by atoms with Crippen molar-refractivity contribution in [3.63, 3.8) is 0 Å². The van der Waals surface area contributed by atoms with E-state index < -0.39 is 0 Å². The van der Waals surface area contributed by atoms with E-state index in [9.17, 15) is 9.59 Å². The summed E-state index contributed by atoms with van der Waals surface area (Å²) in [4.78, 5) is 23.7.